The third-order valence-corrected chi connectivity index (χ3v) is 1.63. The Kier molecular flexibility index (Phi) is 2.69. The van der Waals surface area contributed by atoms with Crippen molar-refractivity contribution in [2.24, 2.45) is 4.99 Å². The van der Waals surface area contributed by atoms with Gasteiger partial charge in [-0.2, -0.15) is 9.38 Å². The lowest BCUT2D eigenvalue weighted by molar-refractivity contribution is -0.387. The molecule has 0 bridgehead atoms. The summed E-state index contributed by atoms with van der Waals surface area (Å²) < 4.78 is 12.9. The van der Waals surface area contributed by atoms with Crippen molar-refractivity contribution in [3.8, 4) is 0 Å². The maximum atomic E-state index is 12.9. The van der Waals surface area contributed by atoms with Crippen LogP contribution in [0.1, 0.15) is 5.56 Å². The maximum absolute atomic E-state index is 12.9. The van der Waals surface area contributed by atoms with Crippen molar-refractivity contribution in [3.05, 3.63) is 33.6 Å². The van der Waals surface area contributed by atoms with Gasteiger partial charge in [-0.15, -0.1) is 0 Å². The second-order valence-corrected chi connectivity index (χ2v) is 2.55. The normalized spacial score (nSPS) is 9.29. The lowest BCUT2D eigenvalue weighted by Crippen LogP contribution is -1.93. The zero-order valence-corrected chi connectivity index (χ0v) is 7.15. The molecule has 0 aliphatic heterocycles. The largest absolute Gasteiger partial charge is 0.306 e. The molecule has 0 fully saturated rings. The predicted molar refractivity (Wildman–Crippen MR) is 45.6 cm³/mol. The van der Waals surface area contributed by atoms with Crippen molar-refractivity contribution in [3.63, 3.8) is 0 Å². The molecule has 0 N–H and O–H groups in total. The molecule has 0 saturated heterocycles. The summed E-state index contributed by atoms with van der Waals surface area (Å²) in [6.07, 6.45) is 1.24. The van der Waals surface area contributed by atoms with Crippen LogP contribution in [0.3, 0.4) is 0 Å². The summed E-state index contributed by atoms with van der Waals surface area (Å²) in [6, 6.07) is 1.85. The van der Waals surface area contributed by atoms with Gasteiger partial charge in [0.15, 0.2) is 0 Å². The smallest absolute Gasteiger partial charge is 0.258 e. The molecule has 0 aromatic heterocycles. The molecule has 1 aromatic carbocycles. The topological polar surface area (TPSA) is 72.6 Å². The zero-order valence-electron chi connectivity index (χ0n) is 7.15. The van der Waals surface area contributed by atoms with Crippen molar-refractivity contribution in [1.82, 2.24) is 0 Å². The number of hydrogen-bond acceptors (Lipinski definition) is 4. The van der Waals surface area contributed by atoms with Crippen LogP contribution in [0.15, 0.2) is 17.1 Å². The van der Waals surface area contributed by atoms with E-state index in [0.29, 0.717) is 5.56 Å². The highest BCUT2D eigenvalue weighted by Gasteiger charge is 2.16. The van der Waals surface area contributed by atoms with Gasteiger partial charge < -0.3 is 0 Å². The molecule has 0 aliphatic rings. The number of halogens is 1. The third kappa shape index (κ3) is 1.81. The minimum Gasteiger partial charge on any atom is -0.258 e. The van der Waals surface area contributed by atoms with Crippen LogP contribution in [0.25, 0.3) is 0 Å². The molecule has 0 atom stereocenters. The Morgan fingerprint density at radius 2 is 2.21 bits per heavy atom. The first-order valence-electron chi connectivity index (χ1n) is 3.58. The van der Waals surface area contributed by atoms with E-state index in [4.69, 9.17) is 0 Å². The van der Waals surface area contributed by atoms with Crippen LogP contribution in [0, 0.1) is 22.9 Å². The number of aliphatic imine (C=N–C) groups is 1. The van der Waals surface area contributed by atoms with Crippen LogP contribution in [0.5, 0.6) is 0 Å². The molecule has 0 amide bonds. The van der Waals surface area contributed by atoms with Gasteiger partial charge in [0.2, 0.25) is 11.9 Å². The second kappa shape index (κ2) is 3.76. The Bertz CT molecular complexity index is 415. The van der Waals surface area contributed by atoms with E-state index in [1.807, 2.05) is 0 Å². The van der Waals surface area contributed by atoms with Gasteiger partial charge in [0.1, 0.15) is 0 Å². The predicted octanol–water partition coefficient (Wildman–Crippen LogP) is 2.01. The molecular formula is C8H5FN2O3. The first-order valence-corrected chi connectivity index (χ1v) is 3.58. The fourth-order valence-electron chi connectivity index (χ4n) is 0.960. The van der Waals surface area contributed by atoms with Crippen LogP contribution in [-0.2, 0) is 4.79 Å². The van der Waals surface area contributed by atoms with Crippen LogP contribution in [-0.4, -0.2) is 11.0 Å². The van der Waals surface area contributed by atoms with Gasteiger partial charge in [0, 0.05) is 6.07 Å². The molecule has 1 rings (SSSR count). The molecule has 1 aromatic rings. The van der Waals surface area contributed by atoms with Gasteiger partial charge in [-0.1, -0.05) is 0 Å². The Hall–Kier alpha value is -2.07. The number of nitro benzene ring substituents is 1. The molecule has 72 valence electrons. The second-order valence-electron chi connectivity index (χ2n) is 2.55. The highest BCUT2D eigenvalue weighted by molar-refractivity contribution is 5.58. The van der Waals surface area contributed by atoms with Crippen LogP contribution < -0.4 is 0 Å². The van der Waals surface area contributed by atoms with Gasteiger partial charge in [-0.3, -0.25) is 10.1 Å². The molecule has 0 radical (unpaired) electrons. The number of carbonyl (C=O) groups excluding carboxylic acids is 1. The van der Waals surface area contributed by atoms with E-state index in [-0.39, 0.29) is 5.69 Å². The van der Waals surface area contributed by atoms with Crippen molar-refractivity contribution in [1.29, 1.82) is 0 Å². The Morgan fingerprint density at radius 1 is 1.57 bits per heavy atom. The number of benzene rings is 1. The number of isocyanates is 1. The van der Waals surface area contributed by atoms with Crippen molar-refractivity contribution >= 4 is 17.5 Å². The molecule has 6 heteroatoms. The molecule has 0 saturated carbocycles. The molecule has 5 nitrogen and oxygen atoms in total. The van der Waals surface area contributed by atoms with Crippen molar-refractivity contribution in [2.45, 2.75) is 6.92 Å². The van der Waals surface area contributed by atoms with E-state index >= 15 is 0 Å². The van der Waals surface area contributed by atoms with Gasteiger partial charge in [-0.25, -0.2) is 4.79 Å². The van der Waals surface area contributed by atoms with E-state index in [1.165, 1.54) is 13.0 Å². The fourth-order valence-corrected chi connectivity index (χ4v) is 0.960. The van der Waals surface area contributed by atoms with Crippen molar-refractivity contribution in [2.75, 3.05) is 0 Å². The fraction of sp³-hybridized carbons (Fsp3) is 0.125. The van der Waals surface area contributed by atoms with Crippen LogP contribution in [0.4, 0.5) is 15.8 Å². The van der Waals surface area contributed by atoms with Gasteiger partial charge in [0.05, 0.1) is 10.6 Å². The standard InChI is InChI=1S/C8H5FN2O3/c1-5-2-6(9)8(11(13)14)3-7(5)10-4-12/h2-3H,1H3. The van der Waals surface area contributed by atoms with Gasteiger partial charge >= 0.3 is 5.69 Å². The zero-order chi connectivity index (χ0) is 10.7. The SMILES string of the molecule is Cc1cc(F)c([N+](=O)[O-])cc1N=C=O. The Morgan fingerprint density at radius 3 is 2.71 bits per heavy atom. The van der Waals surface area contributed by atoms with Crippen LogP contribution >= 0.6 is 0 Å². The summed E-state index contributed by atoms with van der Waals surface area (Å²) in [5.74, 6) is -0.947. The quantitative estimate of drug-likeness (QED) is 0.314. The molecule has 0 spiro atoms. The van der Waals surface area contributed by atoms with E-state index < -0.39 is 16.4 Å². The summed E-state index contributed by atoms with van der Waals surface area (Å²) in [4.78, 5) is 22.6. The Balaban J connectivity index is 3.41. The lowest BCUT2D eigenvalue weighted by Gasteiger charge is -1.98. The molecular weight excluding hydrogens is 191 g/mol. The highest BCUT2D eigenvalue weighted by Crippen LogP contribution is 2.27. The summed E-state index contributed by atoms with van der Waals surface area (Å²) in [5, 5.41) is 10.3. The monoisotopic (exact) mass is 196 g/mol. The molecule has 14 heavy (non-hydrogen) atoms. The van der Waals surface area contributed by atoms with Gasteiger partial charge in [0.25, 0.3) is 0 Å². The number of hydrogen-bond donors (Lipinski definition) is 0. The van der Waals surface area contributed by atoms with E-state index in [9.17, 15) is 19.3 Å². The summed E-state index contributed by atoms with van der Waals surface area (Å²) >= 11 is 0. The highest BCUT2D eigenvalue weighted by atomic mass is 19.1. The number of aryl methyl sites for hydroxylation is 1. The first kappa shape index (κ1) is 10.0. The number of nitro groups is 1. The minimum absolute atomic E-state index is 0.0492. The summed E-state index contributed by atoms with van der Waals surface area (Å²) in [7, 11) is 0. The van der Waals surface area contributed by atoms with E-state index in [2.05, 4.69) is 4.99 Å². The van der Waals surface area contributed by atoms with Gasteiger partial charge in [-0.05, 0) is 18.6 Å². The van der Waals surface area contributed by atoms with E-state index in [1.54, 1.807) is 0 Å². The van der Waals surface area contributed by atoms with E-state index in [0.717, 1.165) is 12.1 Å². The number of nitrogens with zero attached hydrogens (tertiary/aromatic N) is 2. The van der Waals surface area contributed by atoms with Crippen molar-refractivity contribution < 1.29 is 14.1 Å². The molecule has 0 aliphatic carbocycles. The average molecular weight is 196 g/mol. The molecule has 0 unspecified atom stereocenters. The third-order valence-electron chi connectivity index (χ3n) is 1.63. The average Bonchev–Trinajstić information content (AvgIpc) is 2.09. The summed E-state index contributed by atoms with van der Waals surface area (Å²) in [5.41, 5.74) is -0.311. The first-order chi connectivity index (χ1) is 6.56. The lowest BCUT2D eigenvalue weighted by atomic mass is 10.2. The number of rotatable bonds is 2. The Labute approximate surface area is 78.0 Å². The minimum atomic E-state index is -0.947. The maximum Gasteiger partial charge on any atom is 0.306 e. The van der Waals surface area contributed by atoms with Crippen LogP contribution in [0.2, 0.25) is 0 Å². The summed E-state index contributed by atoms with van der Waals surface area (Å²) in [6.45, 7) is 1.49. The molecule has 0 heterocycles.